The molecule has 2 N–H and O–H groups in total. The quantitative estimate of drug-likeness (QED) is 0.563. The van der Waals surface area contributed by atoms with Gasteiger partial charge in [-0.1, -0.05) is 48.0 Å². The molecule has 4 nitrogen and oxygen atoms in total. The Morgan fingerprint density at radius 2 is 2.09 bits per heavy atom. The number of H-pyrrole nitrogens is 1. The molecule has 22 heavy (non-hydrogen) atoms. The van der Waals surface area contributed by atoms with Crippen LogP contribution in [0.3, 0.4) is 0 Å². The van der Waals surface area contributed by atoms with E-state index in [9.17, 15) is 4.79 Å². The predicted octanol–water partition coefficient (Wildman–Crippen LogP) is 3.17. The highest BCUT2D eigenvalue weighted by Crippen LogP contribution is 2.17. The van der Waals surface area contributed by atoms with Gasteiger partial charge in [-0.2, -0.15) is 5.10 Å². The number of carbonyl (C=O) groups excluding carboxylic acids is 1. The Bertz CT molecular complexity index is 833. The Morgan fingerprint density at radius 3 is 2.95 bits per heavy atom. The highest BCUT2D eigenvalue weighted by Gasteiger charge is 2.07. The molecular weight excluding hydrogens is 274 g/mol. The van der Waals surface area contributed by atoms with Crippen molar-refractivity contribution in [2.45, 2.75) is 13.3 Å². The van der Waals surface area contributed by atoms with E-state index >= 15 is 0 Å². The molecule has 0 radical (unpaired) electrons. The van der Waals surface area contributed by atoms with Crippen LogP contribution >= 0.6 is 0 Å². The number of benzene rings is 2. The summed E-state index contributed by atoms with van der Waals surface area (Å²) < 4.78 is 0. The number of rotatable bonds is 4. The summed E-state index contributed by atoms with van der Waals surface area (Å²) >= 11 is 0. The van der Waals surface area contributed by atoms with Crippen molar-refractivity contribution in [1.29, 1.82) is 0 Å². The van der Waals surface area contributed by atoms with E-state index < -0.39 is 0 Å². The zero-order chi connectivity index (χ0) is 15.4. The second-order valence-corrected chi connectivity index (χ2v) is 5.24. The number of hydrazone groups is 1. The van der Waals surface area contributed by atoms with Crippen molar-refractivity contribution in [2.75, 3.05) is 0 Å². The summed E-state index contributed by atoms with van der Waals surface area (Å²) in [4.78, 5) is 15.1. The Balaban J connectivity index is 1.63. The summed E-state index contributed by atoms with van der Waals surface area (Å²) in [5, 5.41) is 5.08. The van der Waals surface area contributed by atoms with Crippen LogP contribution in [0.4, 0.5) is 0 Å². The summed E-state index contributed by atoms with van der Waals surface area (Å²) in [6, 6.07) is 15.9. The summed E-state index contributed by atoms with van der Waals surface area (Å²) in [6.45, 7) is 2.02. The molecule has 3 rings (SSSR count). The summed E-state index contributed by atoms with van der Waals surface area (Å²) in [5.41, 5.74) is 6.70. The lowest BCUT2D eigenvalue weighted by molar-refractivity contribution is -0.120. The van der Waals surface area contributed by atoms with Gasteiger partial charge in [0, 0.05) is 17.1 Å². The van der Waals surface area contributed by atoms with Crippen molar-refractivity contribution in [3.63, 3.8) is 0 Å². The molecule has 2 aromatic carbocycles. The third kappa shape index (κ3) is 3.23. The van der Waals surface area contributed by atoms with Gasteiger partial charge < -0.3 is 4.98 Å². The molecule has 1 heterocycles. The average Bonchev–Trinajstić information content (AvgIpc) is 2.91. The maximum Gasteiger partial charge on any atom is 0.244 e. The highest BCUT2D eigenvalue weighted by atomic mass is 16.2. The molecule has 0 atom stereocenters. The van der Waals surface area contributed by atoms with Gasteiger partial charge in [-0.3, -0.25) is 4.79 Å². The van der Waals surface area contributed by atoms with Crippen molar-refractivity contribution in [2.24, 2.45) is 5.10 Å². The largest absolute Gasteiger partial charge is 0.361 e. The number of hydrogen-bond acceptors (Lipinski definition) is 2. The second-order valence-electron chi connectivity index (χ2n) is 5.24. The number of fused-ring (bicyclic) bond motifs is 1. The van der Waals surface area contributed by atoms with Crippen LogP contribution in [0.2, 0.25) is 0 Å². The fraction of sp³-hybridized carbons (Fsp3) is 0.111. The van der Waals surface area contributed by atoms with Crippen molar-refractivity contribution in [3.8, 4) is 0 Å². The van der Waals surface area contributed by atoms with Crippen molar-refractivity contribution in [3.05, 3.63) is 71.4 Å². The van der Waals surface area contributed by atoms with Crippen LogP contribution in [-0.2, 0) is 11.2 Å². The molecule has 1 aromatic heterocycles. The number of aromatic nitrogens is 1. The first-order valence-electron chi connectivity index (χ1n) is 7.16. The van der Waals surface area contributed by atoms with Gasteiger partial charge in [-0.15, -0.1) is 0 Å². The molecule has 0 unspecified atom stereocenters. The van der Waals surface area contributed by atoms with Gasteiger partial charge >= 0.3 is 0 Å². The van der Waals surface area contributed by atoms with E-state index in [-0.39, 0.29) is 5.91 Å². The van der Waals surface area contributed by atoms with Gasteiger partial charge in [0.25, 0.3) is 0 Å². The highest BCUT2D eigenvalue weighted by molar-refractivity contribution is 5.89. The van der Waals surface area contributed by atoms with Gasteiger partial charge in [-0.25, -0.2) is 5.43 Å². The minimum absolute atomic E-state index is 0.131. The minimum atomic E-state index is -0.131. The van der Waals surface area contributed by atoms with E-state index in [0.29, 0.717) is 6.42 Å². The number of para-hydroxylation sites is 1. The molecule has 3 aromatic rings. The number of aryl methyl sites for hydroxylation is 1. The van der Waals surface area contributed by atoms with Crippen LogP contribution in [0.5, 0.6) is 0 Å². The topological polar surface area (TPSA) is 57.2 Å². The van der Waals surface area contributed by atoms with E-state index in [0.717, 1.165) is 27.6 Å². The monoisotopic (exact) mass is 291 g/mol. The summed E-state index contributed by atoms with van der Waals surface area (Å²) in [6.07, 6.45) is 3.82. The van der Waals surface area contributed by atoms with Crippen LogP contribution in [0, 0.1) is 6.92 Å². The number of amides is 1. The lowest BCUT2D eigenvalue weighted by Crippen LogP contribution is -2.19. The smallest absolute Gasteiger partial charge is 0.244 e. The fourth-order valence-corrected chi connectivity index (χ4v) is 2.42. The summed E-state index contributed by atoms with van der Waals surface area (Å²) in [7, 11) is 0. The van der Waals surface area contributed by atoms with E-state index in [1.807, 2.05) is 61.7 Å². The predicted molar refractivity (Wildman–Crippen MR) is 88.9 cm³/mol. The molecule has 0 fully saturated rings. The van der Waals surface area contributed by atoms with Gasteiger partial charge in [0.05, 0.1) is 12.6 Å². The SMILES string of the molecule is Cc1cccc(/C=N/NC(=O)Cc2c[nH]c3ccccc23)c1. The van der Waals surface area contributed by atoms with Gasteiger partial charge in [0.1, 0.15) is 0 Å². The number of nitrogens with zero attached hydrogens (tertiary/aromatic N) is 1. The molecule has 0 spiro atoms. The van der Waals surface area contributed by atoms with Crippen molar-refractivity contribution >= 4 is 23.0 Å². The lowest BCUT2D eigenvalue weighted by Gasteiger charge is -1.99. The molecule has 0 aliphatic heterocycles. The molecule has 0 aliphatic carbocycles. The number of aromatic amines is 1. The van der Waals surface area contributed by atoms with Crippen LogP contribution in [0.25, 0.3) is 10.9 Å². The first kappa shape index (κ1) is 14.1. The Hall–Kier alpha value is -2.88. The summed E-state index contributed by atoms with van der Waals surface area (Å²) in [5.74, 6) is -0.131. The van der Waals surface area contributed by atoms with Gasteiger partial charge in [0.15, 0.2) is 0 Å². The van der Waals surface area contributed by atoms with E-state index in [4.69, 9.17) is 0 Å². The van der Waals surface area contributed by atoms with Crippen LogP contribution in [0.1, 0.15) is 16.7 Å². The number of nitrogens with one attached hydrogen (secondary N) is 2. The second kappa shape index (κ2) is 6.26. The molecule has 4 heteroatoms. The molecular formula is C18H17N3O. The Kier molecular flexibility index (Phi) is 4.01. The third-order valence-corrected chi connectivity index (χ3v) is 3.47. The lowest BCUT2D eigenvalue weighted by atomic mass is 10.1. The first-order valence-corrected chi connectivity index (χ1v) is 7.16. The zero-order valence-electron chi connectivity index (χ0n) is 12.3. The van der Waals surface area contributed by atoms with Crippen LogP contribution in [-0.4, -0.2) is 17.1 Å². The first-order chi connectivity index (χ1) is 10.7. The average molecular weight is 291 g/mol. The normalized spacial score (nSPS) is 11.1. The maximum atomic E-state index is 12.0. The van der Waals surface area contributed by atoms with Crippen molar-refractivity contribution in [1.82, 2.24) is 10.4 Å². The third-order valence-electron chi connectivity index (χ3n) is 3.47. The zero-order valence-corrected chi connectivity index (χ0v) is 12.3. The van der Waals surface area contributed by atoms with Gasteiger partial charge in [0.2, 0.25) is 5.91 Å². The van der Waals surface area contributed by atoms with Crippen molar-refractivity contribution < 1.29 is 4.79 Å². The molecule has 110 valence electrons. The Labute approximate surface area is 128 Å². The molecule has 0 saturated heterocycles. The maximum absolute atomic E-state index is 12.0. The van der Waals surface area contributed by atoms with E-state index in [1.165, 1.54) is 0 Å². The molecule has 0 bridgehead atoms. The Morgan fingerprint density at radius 1 is 1.23 bits per heavy atom. The molecule has 0 aliphatic rings. The van der Waals surface area contributed by atoms with E-state index in [2.05, 4.69) is 15.5 Å². The molecule has 1 amide bonds. The van der Waals surface area contributed by atoms with Crippen LogP contribution < -0.4 is 5.43 Å². The van der Waals surface area contributed by atoms with Gasteiger partial charge in [-0.05, 0) is 24.1 Å². The number of carbonyl (C=O) groups is 1. The molecule has 0 saturated carbocycles. The van der Waals surface area contributed by atoms with E-state index in [1.54, 1.807) is 6.21 Å². The minimum Gasteiger partial charge on any atom is -0.361 e. The van der Waals surface area contributed by atoms with Crippen LogP contribution in [0.15, 0.2) is 59.8 Å². The number of hydrogen-bond donors (Lipinski definition) is 2. The standard InChI is InChI=1S/C18H17N3O/c1-13-5-4-6-14(9-13)11-20-21-18(22)10-15-12-19-17-8-3-2-7-16(15)17/h2-9,11-12,19H,10H2,1H3,(H,21,22)/b20-11+. The fourth-order valence-electron chi connectivity index (χ4n) is 2.42.